The van der Waals surface area contributed by atoms with Gasteiger partial charge < -0.3 is 15.1 Å². The fourth-order valence-corrected chi connectivity index (χ4v) is 3.46. The third-order valence-electron chi connectivity index (χ3n) is 5.08. The van der Waals surface area contributed by atoms with Gasteiger partial charge in [-0.25, -0.2) is 0 Å². The highest BCUT2D eigenvalue weighted by Crippen LogP contribution is 2.19. The molecule has 0 aromatic heterocycles. The molecule has 2 rings (SSSR count). The Morgan fingerprint density at radius 3 is 2.42 bits per heavy atom. The van der Waals surface area contributed by atoms with E-state index in [4.69, 9.17) is 0 Å². The Labute approximate surface area is 157 Å². The van der Waals surface area contributed by atoms with Crippen molar-refractivity contribution in [2.24, 2.45) is 11.8 Å². The van der Waals surface area contributed by atoms with Gasteiger partial charge in [0.25, 0.3) is 0 Å². The molecule has 0 spiro atoms. The molecule has 5 heteroatoms. The van der Waals surface area contributed by atoms with E-state index in [0.717, 1.165) is 32.4 Å². The molecule has 0 atom stereocenters. The van der Waals surface area contributed by atoms with Gasteiger partial charge in [-0.2, -0.15) is 0 Å². The molecule has 1 fully saturated rings. The van der Waals surface area contributed by atoms with Crippen molar-refractivity contribution in [3.05, 3.63) is 30.3 Å². The van der Waals surface area contributed by atoms with Crippen molar-refractivity contribution in [1.29, 1.82) is 0 Å². The van der Waals surface area contributed by atoms with E-state index in [0.29, 0.717) is 19.6 Å². The summed E-state index contributed by atoms with van der Waals surface area (Å²) in [5.74, 6) is 0.419. The number of carbonyl (C=O) groups excluding carboxylic acids is 2. The first kappa shape index (κ1) is 20.3. The third-order valence-corrected chi connectivity index (χ3v) is 5.08. The number of benzene rings is 1. The Morgan fingerprint density at radius 1 is 1.19 bits per heavy atom. The summed E-state index contributed by atoms with van der Waals surface area (Å²) in [6.07, 6.45) is 2.48. The molecular weight excluding hydrogens is 326 g/mol. The Hall–Kier alpha value is -2.04. The van der Waals surface area contributed by atoms with Crippen LogP contribution in [0.5, 0.6) is 0 Å². The number of carbonyl (C=O) groups is 2. The lowest BCUT2D eigenvalue weighted by atomic mass is 9.95. The van der Waals surface area contributed by atoms with Gasteiger partial charge in [0, 0.05) is 50.2 Å². The van der Waals surface area contributed by atoms with Crippen molar-refractivity contribution in [3.8, 4) is 0 Å². The van der Waals surface area contributed by atoms with Gasteiger partial charge in [-0.1, -0.05) is 32.0 Å². The fourth-order valence-electron chi connectivity index (χ4n) is 3.46. The highest BCUT2D eigenvalue weighted by Gasteiger charge is 2.27. The molecule has 1 aromatic rings. The molecule has 0 radical (unpaired) electrons. The lowest BCUT2D eigenvalue weighted by molar-refractivity contribution is -0.138. The van der Waals surface area contributed by atoms with Crippen molar-refractivity contribution in [3.63, 3.8) is 0 Å². The minimum absolute atomic E-state index is 0.0338. The van der Waals surface area contributed by atoms with Crippen molar-refractivity contribution in [2.75, 3.05) is 37.6 Å². The molecule has 1 aliphatic rings. The molecular formula is C21H33N3O2. The van der Waals surface area contributed by atoms with Gasteiger partial charge in [-0.05, 0) is 38.3 Å². The first-order valence-corrected chi connectivity index (χ1v) is 9.89. The first-order chi connectivity index (χ1) is 12.5. The molecule has 0 unspecified atom stereocenters. The summed E-state index contributed by atoms with van der Waals surface area (Å²) in [7, 11) is 0. The number of anilines is 1. The van der Waals surface area contributed by atoms with Gasteiger partial charge in [0.15, 0.2) is 0 Å². The molecule has 1 N–H and O–H groups in total. The molecule has 1 aromatic carbocycles. The largest absolute Gasteiger partial charge is 0.372 e. The molecule has 0 bridgehead atoms. The highest BCUT2D eigenvalue weighted by atomic mass is 16.2. The van der Waals surface area contributed by atoms with Crippen LogP contribution < -0.4 is 10.2 Å². The summed E-state index contributed by atoms with van der Waals surface area (Å²) >= 11 is 0. The zero-order valence-electron chi connectivity index (χ0n) is 16.4. The number of hydrogen-bond donors (Lipinski definition) is 1. The minimum Gasteiger partial charge on any atom is -0.372 e. The summed E-state index contributed by atoms with van der Waals surface area (Å²) in [4.78, 5) is 28.6. The van der Waals surface area contributed by atoms with E-state index >= 15 is 0 Å². The number of piperidine rings is 1. The van der Waals surface area contributed by atoms with E-state index in [1.165, 1.54) is 5.69 Å². The van der Waals surface area contributed by atoms with Crippen molar-refractivity contribution in [1.82, 2.24) is 10.2 Å². The molecule has 1 heterocycles. The highest BCUT2D eigenvalue weighted by molar-refractivity contribution is 5.80. The quantitative estimate of drug-likeness (QED) is 0.726. The van der Waals surface area contributed by atoms with E-state index < -0.39 is 0 Å². The summed E-state index contributed by atoms with van der Waals surface area (Å²) in [6.45, 7) is 10.00. The van der Waals surface area contributed by atoms with Crippen LogP contribution in [0.4, 0.5) is 5.69 Å². The third kappa shape index (κ3) is 5.75. The SMILES string of the molecule is CCN(CCCNC(=O)C1CCN(C(=O)C(C)C)CC1)c1ccccc1. The minimum atomic E-state index is 0.0338. The van der Waals surface area contributed by atoms with Crippen LogP contribution in [0.25, 0.3) is 0 Å². The van der Waals surface area contributed by atoms with Crippen LogP contribution in [-0.4, -0.2) is 49.4 Å². The van der Waals surface area contributed by atoms with Crippen LogP contribution in [-0.2, 0) is 9.59 Å². The van der Waals surface area contributed by atoms with Crippen LogP contribution in [0.15, 0.2) is 30.3 Å². The second-order valence-electron chi connectivity index (χ2n) is 7.31. The van der Waals surface area contributed by atoms with Crippen molar-refractivity contribution < 1.29 is 9.59 Å². The van der Waals surface area contributed by atoms with Crippen LogP contribution in [0.2, 0.25) is 0 Å². The zero-order valence-corrected chi connectivity index (χ0v) is 16.4. The summed E-state index contributed by atoms with van der Waals surface area (Å²) < 4.78 is 0. The monoisotopic (exact) mass is 359 g/mol. The van der Waals surface area contributed by atoms with Gasteiger partial charge in [0.1, 0.15) is 0 Å². The van der Waals surface area contributed by atoms with Gasteiger partial charge in [0.05, 0.1) is 0 Å². The number of nitrogens with one attached hydrogen (secondary N) is 1. The maximum absolute atomic E-state index is 12.4. The summed E-state index contributed by atoms with van der Waals surface area (Å²) in [5, 5.41) is 3.08. The molecule has 5 nitrogen and oxygen atoms in total. The Kier molecular flexibility index (Phi) is 7.95. The standard InChI is InChI=1S/C21H33N3O2/c1-4-23(19-9-6-5-7-10-19)14-8-13-22-20(25)18-11-15-24(16-12-18)21(26)17(2)3/h5-7,9-10,17-18H,4,8,11-16H2,1-3H3,(H,22,25). The average molecular weight is 360 g/mol. The lowest BCUT2D eigenvalue weighted by Crippen LogP contribution is -2.44. The molecule has 0 aliphatic carbocycles. The van der Waals surface area contributed by atoms with E-state index in [9.17, 15) is 9.59 Å². The number of likely N-dealkylation sites (tertiary alicyclic amines) is 1. The number of nitrogens with zero attached hydrogens (tertiary/aromatic N) is 2. The fraction of sp³-hybridized carbons (Fsp3) is 0.619. The topological polar surface area (TPSA) is 52.7 Å². The van der Waals surface area contributed by atoms with Crippen LogP contribution >= 0.6 is 0 Å². The maximum atomic E-state index is 12.4. The number of amides is 2. The average Bonchev–Trinajstić information content (AvgIpc) is 2.68. The number of rotatable bonds is 8. The van der Waals surface area contributed by atoms with Gasteiger partial charge in [-0.3, -0.25) is 9.59 Å². The molecule has 144 valence electrons. The predicted octanol–water partition coefficient (Wildman–Crippen LogP) is 2.91. The Bertz CT molecular complexity index is 566. The van der Waals surface area contributed by atoms with Crippen molar-refractivity contribution in [2.45, 2.75) is 40.0 Å². The predicted molar refractivity (Wildman–Crippen MR) is 106 cm³/mol. The van der Waals surface area contributed by atoms with Gasteiger partial charge >= 0.3 is 0 Å². The van der Waals surface area contributed by atoms with Crippen LogP contribution in [0, 0.1) is 11.8 Å². The normalized spacial score (nSPS) is 15.2. The van der Waals surface area contributed by atoms with Crippen LogP contribution in [0.3, 0.4) is 0 Å². The number of hydrogen-bond acceptors (Lipinski definition) is 3. The second-order valence-corrected chi connectivity index (χ2v) is 7.31. The Morgan fingerprint density at radius 2 is 1.85 bits per heavy atom. The lowest BCUT2D eigenvalue weighted by Gasteiger charge is -2.32. The molecule has 1 aliphatic heterocycles. The van der Waals surface area contributed by atoms with E-state index in [2.05, 4.69) is 41.4 Å². The van der Waals surface area contributed by atoms with E-state index in [1.807, 2.05) is 24.8 Å². The molecule has 2 amide bonds. The smallest absolute Gasteiger partial charge is 0.225 e. The van der Waals surface area contributed by atoms with Gasteiger partial charge in [-0.15, -0.1) is 0 Å². The summed E-state index contributed by atoms with van der Waals surface area (Å²) in [5.41, 5.74) is 1.23. The first-order valence-electron chi connectivity index (χ1n) is 9.89. The maximum Gasteiger partial charge on any atom is 0.225 e. The molecule has 0 saturated carbocycles. The zero-order chi connectivity index (χ0) is 18.9. The molecule has 1 saturated heterocycles. The van der Waals surface area contributed by atoms with Crippen LogP contribution in [0.1, 0.15) is 40.0 Å². The number of para-hydroxylation sites is 1. The van der Waals surface area contributed by atoms with E-state index in [1.54, 1.807) is 0 Å². The Balaban J connectivity index is 1.67. The second kappa shape index (κ2) is 10.2. The van der Waals surface area contributed by atoms with Crippen molar-refractivity contribution >= 4 is 17.5 Å². The molecule has 26 heavy (non-hydrogen) atoms. The van der Waals surface area contributed by atoms with E-state index in [-0.39, 0.29) is 23.7 Å². The van der Waals surface area contributed by atoms with Gasteiger partial charge in [0.2, 0.25) is 11.8 Å². The summed E-state index contributed by atoms with van der Waals surface area (Å²) in [6, 6.07) is 10.4.